The monoisotopic (exact) mass is 445 g/mol. The first-order valence-electron chi connectivity index (χ1n) is 9.52. The highest BCUT2D eigenvalue weighted by Gasteiger charge is 2.16. The number of benzene rings is 2. The number of hydrogen-bond donors (Lipinski definition) is 1. The smallest absolute Gasteiger partial charge is 0.257 e. The average molecular weight is 446 g/mol. The van der Waals surface area contributed by atoms with Crippen LogP contribution in [0.1, 0.15) is 28.8 Å². The van der Waals surface area contributed by atoms with E-state index in [9.17, 15) is 9.18 Å². The second-order valence-electron chi connectivity index (χ2n) is 6.71. The van der Waals surface area contributed by atoms with Gasteiger partial charge in [-0.25, -0.2) is 4.39 Å². The number of carbonyl (C=O) groups is 1. The minimum absolute atomic E-state index is 0.153. The zero-order valence-corrected chi connectivity index (χ0v) is 17.7. The number of carbonyl (C=O) groups excluding carboxylic acids is 1. The minimum Gasteiger partial charge on any atom is -0.491 e. The van der Waals surface area contributed by atoms with Gasteiger partial charge in [-0.15, -0.1) is 10.2 Å². The summed E-state index contributed by atoms with van der Waals surface area (Å²) < 4.78 is 24.9. The fraction of sp³-hybridized carbons (Fsp3) is 0.286. The molecule has 1 atom stereocenters. The molecule has 2 heterocycles. The molecule has 0 radical (unpaired) electrons. The lowest BCUT2D eigenvalue weighted by molar-refractivity contribution is 0.0679. The fourth-order valence-corrected chi connectivity index (χ4v) is 4.58. The highest BCUT2D eigenvalue weighted by Crippen LogP contribution is 2.28. The SMILES string of the molecule is O=C(Nc1nnc(SCc2ccc(F)cc2)s1)c1ccc(OCC2CCCO2)cc1. The maximum Gasteiger partial charge on any atom is 0.257 e. The Bertz CT molecular complexity index is 974. The van der Waals surface area contributed by atoms with Gasteiger partial charge in [0.05, 0.1) is 6.10 Å². The Morgan fingerprint density at radius 1 is 1.20 bits per heavy atom. The predicted octanol–water partition coefficient (Wildman–Crippen LogP) is 4.78. The third kappa shape index (κ3) is 5.78. The van der Waals surface area contributed by atoms with Crippen LogP contribution in [0.5, 0.6) is 5.75 Å². The van der Waals surface area contributed by atoms with E-state index >= 15 is 0 Å². The second kappa shape index (κ2) is 10.0. The first-order chi connectivity index (χ1) is 14.7. The van der Waals surface area contributed by atoms with Gasteiger partial charge in [-0.2, -0.15) is 0 Å². The first-order valence-corrected chi connectivity index (χ1v) is 11.3. The van der Waals surface area contributed by atoms with Crippen molar-refractivity contribution in [3.05, 3.63) is 65.5 Å². The van der Waals surface area contributed by atoms with Crippen LogP contribution in [0.4, 0.5) is 9.52 Å². The van der Waals surface area contributed by atoms with E-state index in [-0.39, 0.29) is 17.8 Å². The molecule has 1 unspecified atom stereocenters. The predicted molar refractivity (Wildman–Crippen MR) is 115 cm³/mol. The van der Waals surface area contributed by atoms with Gasteiger partial charge in [0.25, 0.3) is 5.91 Å². The van der Waals surface area contributed by atoms with E-state index in [4.69, 9.17) is 9.47 Å². The minimum atomic E-state index is -0.257. The summed E-state index contributed by atoms with van der Waals surface area (Å²) in [6.45, 7) is 1.32. The lowest BCUT2D eigenvalue weighted by atomic mass is 10.2. The van der Waals surface area contributed by atoms with Crippen LogP contribution in [0.25, 0.3) is 0 Å². The van der Waals surface area contributed by atoms with Gasteiger partial charge >= 0.3 is 0 Å². The quantitative estimate of drug-likeness (QED) is 0.397. The van der Waals surface area contributed by atoms with Crippen molar-refractivity contribution >= 4 is 34.1 Å². The molecule has 4 rings (SSSR count). The molecule has 1 saturated heterocycles. The van der Waals surface area contributed by atoms with E-state index in [2.05, 4.69) is 15.5 Å². The average Bonchev–Trinajstić information content (AvgIpc) is 3.44. The summed E-state index contributed by atoms with van der Waals surface area (Å²) in [5.41, 5.74) is 1.50. The highest BCUT2D eigenvalue weighted by atomic mass is 32.2. The van der Waals surface area contributed by atoms with Gasteiger partial charge in [0.15, 0.2) is 4.34 Å². The van der Waals surface area contributed by atoms with Crippen LogP contribution in [0.2, 0.25) is 0 Å². The molecule has 6 nitrogen and oxygen atoms in total. The Hall–Kier alpha value is -2.49. The lowest BCUT2D eigenvalue weighted by Crippen LogP contribution is -2.16. The molecule has 3 aromatic rings. The van der Waals surface area contributed by atoms with Crippen LogP contribution in [0, 0.1) is 5.82 Å². The van der Waals surface area contributed by atoms with Crippen molar-refractivity contribution in [1.29, 1.82) is 0 Å². The van der Waals surface area contributed by atoms with Gasteiger partial charge in [0.1, 0.15) is 18.2 Å². The summed E-state index contributed by atoms with van der Waals surface area (Å²) in [5.74, 6) is 0.840. The third-order valence-corrected chi connectivity index (χ3v) is 6.52. The zero-order chi connectivity index (χ0) is 20.8. The molecule has 1 aromatic heterocycles. The molecule has 0 bridgehead atoms. The Morgan fingerprint density at radius 2 is 2.00 bits per heavy atom. The molecule has 0 saturated carbocycles. The van der Waals surface area contributed by atoms with Gasteiger partial charge < -0.3 is 9.47 Å². The van der Waals surface area contributed by atoms with E-state index in [1.807, 2.05) is 0 Å². The van der Waals surface area contributed by atoms with E-state index in [1.54, 1.807) is 36.4 Å². The Balaban J connectivity index is 1.26. The molecule has 1 amide bonds. The van der Waals surface area contributed by atoms with Gasteiger partial charge in [0.2, 0.25) is 5.13 Å². The number of ether oxygens (including phenoxy) is 2. The highest BCUT2D eigenvalue weighted by molar-refractivity contribution is 8.00. The van der Waals surface area contributed by atoms with Gasteiger partial charge in [-0.05, 0) is 54.8 Å². The lowest BCUT2D eigenvalue weighted by Gasteiger charge is -2.11. The van der Waals surface area contributed by atoms with Gasteiger partial charge in [0, 0.05) is 17.9 Å². The van der Waals surface area contributed by atoms with Crippen LogP contribution in [0.3, 0.4) is 0 Å². The summed E-state index contributed by atoms with van der Waals surface area (Å²) in [6.07, 6.45) is 2.25. The van der Waals surface area contributed by atoms with Crippen molar-refractivity contribution in [3.63, 3.8) is 0 Å². The maximum absolute atomic E-state index is 13.0. The summed E-state index contributed by atoms with van der Waals surface area (Å²) in [5, 5.41) is 11.3. The van der Waals surface area contributed by atoms with Crippen LogP contribution in [0.15, 0.2) is 52.9 Å². The first kappa shape index (κ1) is 20.8. The molecule has 0 spiro atoms. The van der Waals surface area contributed by atoms with Crippen molar-refractivity contribution in [2.45, 2.75) is 29.0 Å². The number of thioether (sulfide) groups is 1. The van der Waals surface area contributed by atoms with E-state index in [1.165, 1.54) is 35.2 Å². The normalized spacial score (nSPS) is 15.8. The number of halogens is 1. The van der Waals surface area contributed by atoms with Gasteiger partial charge in [-0.1, -0.05) is 35.2 Å². The number of amides is 1. The molecule has 1 N–H and O–H groups in total. The number of nitrogens with one attached hydrogen (secondary N) is 1. The fourth-order valence-electron chi connectivity index (χ4n) is 2.88. The van der Waals surface area contributed by atoms with Crippen LogP contribution in [-0.2, 0) is 10.5 Å². The molecular formula is C21H20FN3O3S2. The number of nitrogens with zero attached hydrogens (tertiary/aromatic N) is 2. The summed E-state index contributed by atoms with van der Waals surface area (Å²) in [7, 11) is 0. The van der Waals surface area contributed by atoms with Crippen LogP contribution in [-0.4, -0.2) is 35.4 Å². The van der Waals surface area contributed by atoms with Crippen molar-refractivity contribution < 1.29 is 18.7 Å². The standard InChI is InChI=1S/C21H20FN3O3S2/c22-16-7-3-14(4-8-16)13-29-21-25-24-20(30-21)23-19(26)15-5-9-17(10-6-15)28-12-18-2-1-11-27-18/h3-10,18H,1-2,11-13H2,(H,23,24,26). The number of rotatable bonds is 8. The third-order valence-electron chi connectivity index (χ3n) is 4.48. The molecule has 1 aliphatic heterocycles. The molecular weight excluding hydrogens is 425 g/mol. The van der Waals surface area contributed by atoms with Crippen molar-refractivity contribution in [3.8, 4) is 5.75 Å². The summed E-state index contributed by atoms with van der Waals surface area (Å²) in [4.78, 5) is 12.4. The maximum atomic E-state index is 13.0. The summed E-state index contributed by atoms with van der Waals surface area (Å²) in [6, 6.07) is 13.3. The van der Waals surface area contributed by atoms with E-state index < -0.39 is 0 Å². The number of anilines is 1. The van der Waals surface area contributed by atoms with Crippen molar-refractivity contribution in [1.82, 2.24) is 10.2 Å². The second-order valence-corrected chi connectivity index (χ2v) is 8.91. The van der Waals surface area contributed by atoms with E-state index in [0.29, 0.717) is 28.8 Å². The zero-order valence-electron chi connectivity index (χ0n) is 16.0. The van der Waals surface area contributed by atoms with Crippen molar-refractivity contribution in [2.75, 3.05) is 18.5 Å². The molecule has 1 aliphatic rings. The number of aromatic nitrogens is 2. The molecule has 9 heteroatoms. The molecule has 0 aliphatic carbocycles. The van der Waals surface area contributed by atoms with Crippen LogP contribution < -0.4 is 10.1 Å². The van der Waals surface area contributed by atoms with Gasteiger partial charge in [-0.3, -0.25) is 10.1 Å². The Kier molecular flexibility index (Phi) is 6.93. The molecule has 30 heavy (non-hydrogen) atoms. The summed E-state index contributed by atoms with van der Waals surface area (Å²) >= 11 is 2.79. The van der Waals surface area contributed by atoms with Crippen LogP contribution >= 0.6 is 23.1 Å². The Morgan fingerprint density at radius 3 is 2.73 bits per heavy atom. The molecule has 1 fully saturated rings. The molecule has 2 aromatic carbocycles. The Labute approximate surface area is 181 Å². The largest absolute Gasteiger partial charge is 0.491 e. The van der Waals surface area contributed by atoms with Crippen molar-refractivity contribution in [2.24, 2.45) is 0 Å². The topological polar surface area (TPSA) is 73.3 Å². The number of hydrogen-bond acceptors (Lipinski definition) is 7. The van der Waals surface area contributed by atoms with E-state index in [0.717, 1.165) is 29.4 Å². The molecule has 156 valence electrons.